The average Bonchev–Trinajstić information content (AvgIpc) is 3.07. The van der Waals surface area contributed by atoms with Gasteiger partial charge in [0.05, 0.1) is 19.3 Å². The highest BCUT2D eigenvalue weighted by molar-refractivity contribution is 5.83. The molecule has 0 spiro atoms. The summed E-state index contributed by atoms with van der Waals surface area (Å²) >= 11 is 0. The third-order valence-corrected chi connectivity index (χ3v) is 4.96. The van der Waals surface area contributed by atoms with E-state index >= 15 is 0 Å². The highest BCUT2D eigenvalue weighted by Gasteiger charge is 2.47. The first-order valence-electron chi connectivity index (χ1n) is 8.95. The summed E-state index contributed by atoms with van der Waals surface area (Å²) in [5.74, 6) is 2.13. The van der Waals surface area contributed by atoms with Gasteiger partial charge in [-0.25, -0.2) is 4.98 Å². The predicted molar refractivity (Wildman–Crippen MR) is 89.7 cm³/mol. The second kappa shape index (κ2) is 6.59. The fourth-order valence-corrected chi connectivity index (χ4v) is 3.51. The molecule has 0 aromatic carbocycles. The lowest BCUT2D eigenvalue weighted by molar-refractivity contribution is -0.140. The van der Waals surface area contributed by atoms with Crippen LogP contribution in [0.25, 0.3) is 0 Å². The van der Waals surface area contributed by atoms with Crippen molar-refractivity contribution in [1.82, 2.24) is 29.9 Å². The number of H-pyrrole nitrogens is 1. The van der Waals surface area contributed by atoms with Gasteiger partial charge in [0.15, 0.2) is 5.82 Å². The number of ether oxygens (including phenoxy) is 1. The summed E-state index contributed by atoms with van der Waals surface area (Å²) in [4.78, 5) is 19.2. The molecule has 4 rings (SSSR count). The maximum absolute atomic E-state index is 12.8. The average molecular weight is 344 g/mol. The summed E-state index contributed by atoms with van der Waals surface area (Å²) < 4.78 is 7.59. The Morgan fingerprint density at radius 1 is 1.48 bits per heavy atom. The van der Waals surface area contributed by atoms with E-state index in [2.05, 4.69) is 27.2 Å². The molecule has 0 unspecified atom stereocenters. The second-order valence-corrected chi connectivity index (χ2v) is 6.93. The number of hydrogen-bond acceptors (Lipinski definition) is 5. The van der Waals surface area contributed by atoms with Crippen molar-refractivity contribution in [3.05, 3.63) is 29.6 Å². The van der Waals surface area contributed by atoms with Gasteiger partial charge in [0.2, 0.25) is 5.91 Å². The molecule has 1 saturated heterocycles. The number of nitrogens with zero attached hydrogens (tertiary/aromatic N) is 5. The van der Waals surface area contributed by atoms with Gasteiger partial charge in [-0.05, 0) is 24.3 Å². The number of nitrogens with one attached hydrogen (secondary N) is 1. The zero-order chi connectivity index (χ0) is 17.4. The lowest BCUT2D eigenvalue weighted by atomic mass is 10.1. The quantitative estimate of drug-likeness (QED) is 0.880. The van der Waals surface area contributed by atoms with Crippen LogP contribution >= 0.6 is 0 Å². The maximum atomic E-state index is 12.8. The molecule has 8 heteroatoms. The minimum Gasteiger partial charge on any atom is -0.366 e. The highest BCUT2D eigenvalue weighted by atomic mass is 16.5. The van der Waals surface area contributed by atoms with Crippen molar-refractivity contribution in [2.24, 2.45) is 13.0 Å². The van der Waals surface area contributed by atoms with Crippen LogP contribution in [0.4, 0.5) is 0 Å². The molecule has 0 radical (unpaired) electrons. The van der Waals surface area contributed by atoms with Crippen molar-refractivity contribution < 1.29 is 9.53 Å². The van der Waals surface area contributed by atoms with Crippen molar-refractivity contribution >= 4 is 5.91 Å². The van der Waals surface area contributed by atoms with Gasteiger partial charge in [0, 0.05) is 32.1 Å². The zero-order valence-electron chi connectivity index (χ0n) is 14.7. The van der Waals surface area contributed by atoms with Crippen LogP contribution in [0, 0.1) is 5.92 Å². The van der Waals surface area contributed by atoms with E-state index in [0.717, 1.165) is 30.7 Å². The molecule has 8 nitrogen and oxygen atoms in total. The molecule has 3 heterocycles. The summed E-state index contributed by atoms with van der Waals surface area (Å²) in [6.45, 7) is 3.79. The van der Waals surface area contributed by atoms with E-state index in [-0.39, 0.29) is 17.9 Å². The van der Waals surface area contributed by atoms with Crippen LogP contribution in [0.5, 0.6) is 0 Å². The van der Waals surface area contributed by atoms with Gasteiger partial charge < -0.3 is 9.64 Å². The fraction of sp³-hybridized carbons (Fsp3) is 0.647. The highest BCUT2D eigenvalue weighted by Crippen LogP contribution is 2.48. The normalized spacial score (nSPS) is 26.0. The number of aryl methyl sites for hydroxylation is 2. The number of amides is 1. The third-order valence-electron chi connectivity index (χ3n) is 4.96. The van der Waals surface area contributed by atoms with Gasteiger partial charge in [-0.15, -0.1) is 0 Å². The van der Waals surface area contributed by atoms with E-state index in [1.165, 1.54) is 0 Å². The van der Waals surface area contributed by atoms with Crippen molar-refractivity contribution in [2.45, 2.75) is 38.2 Å². The number of aromatic amines is 1. The van der Waals surface area contributed by atoms with Crippen LogP contribution in [0.3, 0.4) is 0 Å². The summed E-state index contributed by atoms with van der Waals surface area (Å²) in [5.41, 5.74) is 1.16. The predicted octanol–water partition coefficient (Wildman–Crippen LogP) is 1.19. The monoisotopic (exact) mass is 344 g/mol. The lowest BCUT2D eigenvalue weighted by Gasteiger charge is -2.31. The molecule has 134 valence electrons. The first-order valence-corrected chi connectivity index (χ1v) is 8.95. The van der Waals surface area contributed by atoms with Gasteiger partial charge in [0.1, 0.15) is 11.9 Å². The van der Waals surface area contributed by atoms with Crippen LogP contribution in [0.15, 0.2) is 12.4 Å². The Hall–Kier alpha value is -2.22. The molecule has 1 N–H and O–H groups in total. The van der Waals surface area contributed by atoms with Gasteiger partial charge in [-0.2, -0.15) is 10.2 Å². The number of morpholine rings is 1. The van der Waals surface area contributed by atoms with Gasteiger partial charge in [0.25, 0.3) is 0 Å². The van der Waals surface area contributed by atoms with Crippen LogP contribution in [0.1, 0.15) is 49.0 Å². The van der Waals surface area contributed by atoms with E-state index in [1.807, 2.05) is 24.3 Å². The van der Waals surface area contributed by atoms with Crippen molar-refractivity contribution in [1.29, 1.82) is 0 Å². The maximum Gasteiger partial charge on any atom is 0.226 e. The SMILES string of the molecule is CCCc1nc([C@@H]2CN(C(=O)[C@@H]3C[C@@H]3c3cnn(C)c3)CCO2)n[nH]1. The van der Waals surface area contributed by atoms with Gasteiger partial charge in [-0.3, -0.25) is 14.6 Å². The van der Waals surface area contributed by atoms with Crippen molar-refractivity contribution in [3.63, 3.8) is 0 Å². The number of rotatable bonds is 5. The molecular weight excluding hydrogens is 320 g/mol. The van der Waals surface area contributed by atoms with Crippen LogP contribution < -0.4 is 0 Å². The minimum atomic E-state index is -0.241. The molecule has 2 aliphatic rings. The second-order valence-electron chi connectivity index (χ2n) is 6.93. The van der Waals surface area contributed by atoms with Crippen LogP contribution in [0.2, 0.25) is 0 Å². The Balaban J connectivity index is 1.38. The summed E-state index contributed by atoms with van der Waals surface area (Å²) in [6, 6.07) is 0. The van der Waals surface area contributed by atoms with Crippen LogP contribution in [-0.2, 0) is 23.0 Å². The Morgan fingerprint density at radius 3 is 3.12 bits per heavy atom. The third kappa shape index (κ3) is 3.30. The Labute approximate surface area is 146 Å². The Morgan fingerprint density at radius 2 is 2.36 bits per heavy atom. The molecule has 2 aromatic rings. The standard InChI is InChI=1S/C17H24N6O2/c1-3-4-15-19-16(21-20-15)14-10-23(5-6-25-14)17(24)13-7-12(13)11-8-18-22(2)9-11/h8-9,12-14H,3-7,10H2,1-2H3,(H,19,20,21)/t12-,13-,14+/m1/s1. The summed E-state index contributed by atoms with van der Waals surface area (Å²) in [5, 5.41) is 11.4. The van der Waals surface area contributed by atoms with Crippen molar-refractivity contribution in [2.75, 3.05) is 19.7 Å². The smallest absolute Gasteiger partial charge is 0.226 e. The fourth-order valence-electron chi connectivity index (χ4n) is 3.51. The molecule has 3 atom stereocenters. The summed E-state index contributed by atoms with van der Waals surface area (Å²) in [6.07, 6.45) is 6.43. The minimum absolute atomic E-state index is 0.0748. The first kappa shape index (κ1) is 16.3. The molecule has 1 aliphatic heterocycles. The molecule has 1 saturated carbocycles. The number of carbonyl (C=O) groups is 1. The topological polar surface area (TPSA) is 88.9 Å². The zero-order valence-corrected chi connectivity index (χ0v) is 14.7. The molecule has 25 heavy (non-hydrogen) atoms. The molecular formula is C17H24N6O2. The molecule has 1 amide bonds. The van der Waals surface area contributed by atoms with E-state index < -0.39 is 0 Å². The molecule has 1 aliphatic carbocycles. The molecule has 0 bridgehead atoms. The van der Waals surface area contributed by atoms with E-state index in [4.69, 9.17) is 4.74 Å². The Kier molecular flexibility index (Phi) is 4.29. The van der Waals surface area contributed by atoms with Crippen LogP contribution in [-0.4, -0.2) is 55.5 Å². The number of hydrogen-bond donors (Lipinski definition) is 1. The first-order chi connectivity index (χ1) is 12.2. The van der Waals surface area contributed by atoms with E-state index in [0.29, 0.717) is 31.4 Å². The van der Waals surface area contributed by atoms with Gasteiger partial charge in [-0.1, -0.05) is 6.92 Å². The number of aromatic nitrogens is 5. The van der Waals surface area contributed by atoms with Gasteiger partial charge >= 0.3 is 0 Å². The Bertz CT molecular complexity index is 754. The number of carbonyl (C=O) groups excluding carboxylic acids is 1. The van der Waals surface area contributed by atoms with Crippen molar-refractivity contribution in [3.8, 4) is 0 Å². The summed E-state index contributed by atoms with van der Waals surface area (Å²) in [7, 11) is 1.90. The lowest BCUT2D eigenvalue weighted by Crippen LogP contribution is -2.43. The van der Waals surface area contributed by atoms with E-state index in [9.17, 15) is 4.79 Å². The molecule has 2 aromatic heterocycles. The largest absolute Gasteiger partial charge is 0.366 e. The van der Waals surface area contributed by atoms with E-state index in [1.54, 1.807) is 4.68 Å². The molecule has 2 fully saturated rings.